The van der Waals surface area contributed by atoms with Crippen LogP contribution in [0.5, 0.6) is 0 Å². The van der Waals surface area contributed by atoms with Gasteiger partial charge in [-0.25, -0.2) is 4.98 Å². The molecule has 2 aromatic heterocycles. The van der Waals surface area contributed by atoms with E-state index in [0.717, 1.165) is 22.5 Å². The smallest absolute Gasteiger partial charge is 0.223 e. The Labute approximate surface area is 104 Å². The first-order valence-electron chi connectivity index (χ1n) is 5.50. The van der Waals surface area contributed by atoms with Crippen LogP contribution in [0.1, 0.15) is 13.3 Å². The average Bonchev–Trinajstić information content (AvgIpc) is 2.76. The Bertz CT molecular complexity index is 499. The minimum atomic E-state index is 0.234. The van der Waals surface area contributed by atoms with Gasteiger partial charge in [-0.1, -0.05) is 6.92 Å². The lowest BCUT2D eigenvalue weighted by Crippen LogP contribution is -2.24. The van der Waals surface area contributed by atoms with E-state index in [-0.39, 0.29) is 6.04 Å². The number of hydrogen-bond donors (Lipinski definition) is 2. The molecule has 3 N–H and O–H groups in total. The van der Waals surface area contributed by atoms with E-state index in [1.165, 1.54) is 0 Å². The summed E-state index contributed by atoms with van der Waals surface area (Å²) in [5.74, 6) is 1.09. The zero-order valence-corrected chi connectivity index (χ0v) is 10.8. The second-order valence-corrected chi connectivity index (χ2v) is 4.67. The summed E-state index contributed by atoms with van der Waals surface area (Å²) in [6.45, 7) is 2.75. The lowest BCUT2D eigenvalue weighted by Gasteiger charge is -2.17. The van der Waals surface area contributed by atoms with Gasteiger partial charge in [-0.2, -0.15) is 4.98 Å². The summed E-state index contributed by atoms with van der Waals surface area (Å²) in [4.78, 5) is 9.35. The van der Waals surface area contributed by atoms with Crippen molar-refractivity contribution in [3.63, 3.8) is 0 Å². The van der Waals surface area contributed by atoms with Gasteiger partial charge in [-0.05, 0) is 17.9 Å². The Morgan fingerprint density at radius 1 is 1.53 bits per heavy atom. The summed E-state index contributed by atoms with van der Waals surface area (Å²) < 4.78 is 5.16. The van der Waals surface area contributed by atoms with Gasteiger partial charge in [0.15, 0.2) is 0 Å². The van der Waals surface area contributed by atoms with E-state index in [1.54, 1.807) is 18.4 Å². The van der Waals surface area contributed by atoms with Crippen LogP contribution in [0.3, 0.4) is 0 Å². The fourth-order valence-corrected chi connectivity index (χ4v) is 2.41. The maximum Gasteiger partial charge on any atom is 0.223 e. The third kappa shape index (κ3) is 2.65. The van der Waals surface area contributed by atoms with Gasteiger partial charge in [0.25, 0.3) is 0 Å². The molecule has 0 fully saturated rings. The lowest BCUT2D eigenvalue weighted by atomic mass is 10.2. The van der Waals surface area contributed by atoms with Crippen molar-refractivity contribution >= 4 is 33.3 Å². The predicted molar refractivity (Wildman–Crippen MR) is 71.4 cm³/mol. The van der Waals surface area contributed by atoms with Crippen molar-refractivity contribution in [2.45, 2.75) is 19.4 Å². The number of thiophene rings is 1. The first-order valence-corrected chi connectivity index (χ1v) is 6.38. The van der Waals surface area contributed by atoms with Crippen molar-refractivity contribution < 1.29 is 4.74 Å². The van der Waals surface area contributed by atoms with E-state index in [9.17, 15) is 0 Å². The Morgan fingerprint density at radius 3 is 3.06 bits per heavy atom. The van der Waals surface area contributed by atoms with Crippen molar-refractivity contribution in [1.29, 1.82) is 0 Å². The average molecular weight is 252 g/mol. The number of ether oxygens (including phenoxy) is 1. The van der Waals surface area contributed by atoms with E-state index >= 15 is 0 Å². The zero-order chi connectivity index (χ0) is 12.3. The summed E-state index contributed by atoms with van der Waals surface area (Å²) >= 11 is 1.56. The Morgan fingerprint density at radius 2 is 2.35 bits per heavy atom. The number of methoxy groups -OCH3 is 1. The van der Waals surface area contributed by atoms with Gasteiger partial charge >= 0.3 is 0 Å². The third-order valence-electron chi connectivity index (χ3n) is 2.54. The van der Waals surface area contributed by atoms with Gasteiger partial charge < -0.3 is 15.8 Å². The molecule has 0 saturated carbocycles. The molecule has 0 aliphatic heterocycles. The van der Waals surface area contributed by atoms with Gasteiger partial charge in [0.1, 0.15) is 10.6 Å². The number of nitrogens with two attached hydrogens (primary N) is 1. The second kappa shape index (κ2) is 5.29. The predicted octanol–water partition coefficient (Wildman–Crippen LogP) is 2.11. The minimum Gasteiger partial charge on any atom is -0.383 e. The molecule has 0 aliphatic rings. The molecule has 6 heteroatoms. The monoisotopic (exact) mass is 252 g/mol. The number of hydrogen-bond acceptors (Lipinski definition) is 6. The minimum absolute atomic E-state index is 0.234. The second-order valence-electron chi connectivity index (χ2n) is 3.77. The summed E-state index contributed by atoms with van der Waals surface area (Å²) in [7, 11) is 1.69. The molecule has 17 heavy (non-hydrogen) atoms. The van der Waals surface area contributed by atoms with Crippen molar-refractivity contribution in [3.8, 4) is 0 Å². The van der Waals surface area contributed by atoms with E-state index in [0.29, 0.717) is 12.6 Å². The third-order valence-corrected chi connectivity index (χ3v) is 3.35. The molecule has 0 aromatic carbocycles. The van der Waals surface area contributed by atoms with E-state index < -0.39 is 0 Å². The van der Waals surface area contributed by atoms with Crippen LogP contribution < -0.4 is 11.1 Å². The number of anilines is 2. The number of nitrogens with zero attached hydrogens (tertiary/aromatic N) is 2. The zero-order valence-electron chi connectivity index (χ0n) is 9.93. The van der Waals surface area contributed by atoms with Gasteiger partial charge in [0, 0.05) is 7.11 Å². The topological polar surface area (TPSA) is 73.1 Å². The fraction of sp³-hybridized carbons (Fsp3) is 0.455. The fourth-order valence-electron chi connectivity index (χ4n) is 1.64. The molecule has 0 saturated heterocycles. The van der Waals surface area contributed by atoms with Crippen LogP contribution in [-0.2, 0) is 4.74 Å². The molecule has 2 heterocycles. The molecule has 2 rings (SSSR count). The Kier molecular flexibility index (Phi) is 3.75. The van der Waals surface area contributed by atoms with Crippen molar-refractivity contribution in [2.24, 2.45) is 0 Å². The highest BCUT2D eigenvalue weighted by Crippen LogP contribution is 2.26. The largest absolute Gasteiger partial charge is 0.383 e. The lowest BCUT2D eigenvalue weighted by molar-refractivity contribution is 0.184. The summed E-state index contributed by atoms with van der Waals surface area (Å²) in [6.07, 6.45) is 0.962. The number of nitrogen functional groups attached to an aromatic ring is 1. The highest BCUT2D eigenvalue weighted by Gasteiger charge is 2.11. The van der Waals surface area contributed by atoms with Crippen LogP contribution in [0, 0.1) is 0 Å². The number of rotatable bonds is 5. The maximum absolute atomic E-state index is 5.69. The molecule has 92 valence electrons. The van der Waals surface area contributed by atoms with E-state index in [1.807, 2.05) is 11.4 Å². The van der Waals surface area contributed by atoms with E-state index in [2.05, 4.69) is 22.2 Å². The molecule has 0 bridgehead atoms. The molecular formula is C11H16N4OS. The number of fused-ring (bicyclic) bond motifs is 1. The highest BCUT2D eigenvalue weighted by atomic mass is 32.1. The van der Waals surface area contributed by atoms with Crippen LogP contribution in [0.15, 0.2) is 11.4 Å². The highest BCUT2D eigenvalue weighted by molar-refractivity contribution is 7.16. The summed E-state index contributed by atoms with van der Waals surface area (Å²) in [5, 5.41) is 6.35. The molecule has 0 radical (unpaired) electrons. The SMILES string of the molecule is CCC(COC)Nc1nc(N)nc2sccc12. The van der Waals surface area contributed by atoms with Crippen LogP contribution in [0.25, 0.3) is 10.2 Å². The van der Waals surface area contributed by atoms with Crippen LogP contribution in [0.2, 0.25) is 0 Å². The van der Waals surface area contributed by atoms with Crippen molar-refractivity contribution in [2.75, 3.05) is 24.8 Å². The summed E-state index contributed by atoms with van der Waals surface area (Å²) in [5.41, 5.74) is 5.69. The molecule has 0 amide bonds. The maximum atomic E-state index is 5.69. The van der Waals surface area contributed by atoms with Gasteiger partial charge in [-0.3, -0.25) is 0 Å². The Hall–Kier alpha value is -1.40. The van der Waals surface area contributed by atoms with E-state index in [4.69, 9.17) is 10.5 Å². The molecule has 1 atom stereocenters. The molecule has 2 aromatic rings. The first-order chi connectivity index (χ1) is 8.24. The van der Waals surface area contributed by atoms with Crippen LogP contribution in [0.4, 0.5) is 11.8 Å². The Balaban J connectivity index is 2.30. The first kappa shape index (κ1) is 12.1. The van der Waals surface area contributed by atoms with Gasteiger partial charge in [0.05, 0.1) is 18.0 Å². The number of aromatic nitrogens is 2. The normalized spacial score (nSPS) is 12.8. The summed E-state index contributed by atoms with van der Waals surface area (Å²) in [6, 6.07) is 2.23. The van der Waals surface area contributed by atoms with Crippen LogP contribution in [-0.4, -0.2) is 29.7 Å². The number of nitrogens with one attached hydrogen (secondary N) is 1. The standard InChI is InChI=1S/C11H16N4OS/c1-3-7(6-16-2)13-9-8-4-5-17-10(8)15-11(12)14-9/h4-5,7H,3,6H2,1-2H3,(H3,12,13,14,15). The van der Waals surface area contributed by atoms with Crippen LogP contribution >= 0.6 is 11.3 Å². The molecular weight excluding hydrogens is 236 g/mol. The van der Waals surface area contributed by atoms with Gasteiger partial charge in [-0.15, -0.1) is 11.3 Å². The molecule has 0 aliphatic carbocycles. The molecule has 1 unspecified atom stereocenters. The van der Waals surface area contributed by atoms with Gasteiger partial charge in [0.2, 0.25) is 5.95 Å². The molecule has 0 spiro atoms. The van der Waals surface area contributed by atoms with Crippen molar-refractivity contribution in [3.05, 3.63) is 11.4 Å². The molecule has 5 nitrogen and oxygen atoms in total. The van der Waals surface area contributed by atoms with Crippen molar-refractivity contribution in [1.82, 2.24) is 9.97 Å². The quantitative estimate of drug-likeness (QED) is 0.852.